The zero-order chi connectivity index (χ0) is 12.8. The normalized spacial score (nSPS) is 11.6. The van der Waals surface area contributed by atoms with Crippen LogP contribution in [0.2, 0.25) is 0 Å². The van der Waals surface area contributed by atoms with E-state index in [1.807, 2.05) is 32.0 Å². The molecular weight excluding hydrogens is 212 g/mol. The van der Waals surface area contributed by atoms with E-state index in [9.17, 15) is 4.79 Å². The Kier molecular flexibility index (Phi) is 4.71. The fraction of sp³-hybridized carbons (Fsp3) is 0.429. The van der Waals surface area contributed by atoms with Gasteiger partial charge in [-0.3, -0.25) is 4.79 Å². The smallest absolute Gasteiger partial charge is 0.237 e. The predicted molar refractivity (Wildman–Crippen MR) is 67.2 cm³/mol. The Hall–Kier alpha value is -1.82. The standard InChI is InChI=1S/C14H18N2O/c1-4-13(8-15)14(17)16-9-12-6-5-10(2)11(3)7-12/h5-7,13H,4,9H2,1-3H3,(H,16,17). The molecule has 0 heterocycles. The molecule has 0 aliphatic carbocycles. The highest BCUT2D eigenvalue weighted by Gasteiger charge is 2.14. The first-order chi connectivity index (χ1) is 8.08. The van der Waals surface area contributed by atoms with Crippen LogP contribution in [-0.2, 0) is 11.3 Å². The van der Waals surface area contributed by atoms with E-state index in [2.05, 4.69) is 18.3 Å². The number of benzene rings is 1. The maximum Gasteiger partial charge on any atom is 0.237 e. The van der Waals surface area contributed by atoms with Gasteiger partial charge in [0.25, 0.3) is 0 Å². The second-order valence-electron chi connectivity index (χ2n) is 4.23. The summed E-state index contributed by atoms with van der Waals surface area (Å²) in [6.07, 6.45) is 0.551. The van der Waals surface area contributed by atoms with Crippen LogP contribution in [0.3, 0.4) is 0 Å². The fourth-order valence-electron chi connectivity index (χ4n) is 1.56. The molecule has 1 aromatic rings. The molecule has 0 fully saturated rings. The van der Waals surface area contributed by atoms with Crippen molar-refractivity contribution in [3.05, 3.63) is 34.9 Å². The molecule has 0 bridgehead atoms. The fourth-order valence-corrected chi connectivity index (χ4v) is 1.56. The quantitative estimate of drug-likeness (QED) is 0.863. The van der Waals surface area contributed by atoms with Gasteiger partial charge in [-0.2, -0.15) is 5.26 Å². The molecule has 90 valence electrons. The van der Waals surface area contributed by atoms with Crippen LogP contribution in [0.15, 0.2) is 18.2 Å². The SMILES string of the molecule is CCC(C#N)C(=O)NCc1ccc(C)c(C)c1. The second kappa shape index (κ2) is 6.05. The molecule has 3 heteroatoms. The molecule has 0 aliphatic heterocycles. The van der Waals surface area contributed by atoms with Crippen LogP contribution in [0.4, 0.5) is 0 Å². The lowest BCUT2D eigenvalue weighted by atomic mass is 10.1. The highest BCUT2D eigenvalue weighted by molar-refractivity contribution is 5.80. The van der Waals surface area contributed by atoms with Gasteiger partial charge in [-0.15, -0.1) is 0 Å². The van der Waals surface area contributed by atoms with Gasteiger partial charge in [0.15, 0.2) is 0 Å². The van der Waals surface area contributed by atoms with Crippen molar-refractivity contribution in [2.24, 2.45) is 5.92 Å². The molecule has 1 atom stereocenters. The van der Waals surface area contributed by atoms with Crippen molar-refractivity contribution in [3.63, 3.8) is 0 Å². The Labute approximate surface area is 102 Å². The molecule has 1 amide bonds. The number of hydrogen-bond donors (Lipinski definition) is 1. The molecule has 0 spiro atoms. The lowest BCUT2D eigenvalue weighted by Crippen LogP contribution is -2.29. The summed E-state index contributed by atoms with van der Waals surface area (Å²) in [6, 6.07) is 8.09. The molecule has 0 aromatic heterocycles. The Morgan fingerprint density at radius 1 is 1.41 bits per heavy atom. The Bertz CT molecular complexity index is 446. The van der Waals surface area contributed by atoms with Crippen LogP contribution in [0.1, 0.15) is 30.0 Å². The lowest BCUT2D eigenvalue weighted by Gasteiger charge is -2.09. The zero-order valence-corrected chi connectivity index (χ0v) is 10.6. The average Bonchev–Trinajstić information content (AvgIpc) is 2.32. The summed E-state index contributed by atoms with van der Waals surface area (Å²) in [5.41, 5.74) is 3.52. The van der Waals surface area contributed by atoms with E-state index in [0.717, 1.165) is 5.56 Å². The van der Waals surface area contributed by atoms with Gasteiger partial charge < -0.3 is 5.32 Å². The number of amides is 1. The molecule has 0 saturated heterocycles. The summed E-state index contributed by atoms with van der Waals surface area (Å²) in [5, 5.41) is 11.5. The van der Waals surface area contributed by atoms with Crippen molar-refractivity contribution in [1.82, 2.24) is 5.32 Å². The van der Waals surface area contributed by atoms with Crippen molar-refractivity contribution < 1.29 is 4.79 Å². The third kappa shape index (κ3) is 3.60. The molecule has 0 radical (unpaired) electrons. The number of nitriles is 1. The van der Waals surface area contributed by atoms with Crippen LogP contribution in [0.5, 0.6) is 0 Å². The second-order valence-corrected chi connectivity index (χ2v) is 4.23. The summed E-state index contributed by atoms with van der Waals surface area (Å²) in [6.45, 7) is 6.42. The maximum absolute atomic E-state index is 11.6. The molecule has 3 nitrogen and oxygen atoms in total. The van der Waals surface area contributed by atoms with E-state index in [4.69, 9.17) is 5.26 Å². The molecule has 1 N–H and O–H groups in total. The number of nitrogens with one attached hydrogen (secondary N) is 1. The van der Waals surface area contributed by atoms with Crippen LogP contribution >= 0.6 is 0 Å². The predicted octanol–water partition coefficient (Wildman–Crippen LogP) is 2.47. The topological polar surface area (TPSA) is 52.9 Å². The van der Waals surface area contributed by atoms with Crippen molar-refractivity contribution in [2.45, 2.75) is 33.7 Å². The van der Waals surface area contributed by atoms with E-state index in [1.165, 1.54) is 11.1 Å². The molecule has 0 aliphatic rings. The van der Waals surface area contributed by atoms with Crippen molar-refractivity contribution >= 4 is 5.91 Å². The molecule has 1 unspecified atom stereocenters. The number of carbonyl (C=O) groups excluding carboxylic acids is 1. The van der Waals surface area contributed by atoms with E-state index >= 15 is 0 Å². The van der Waals surface area contributed by atoms with Gasteiger partial charge in [0, 0.05) is 6.54 Å². The zero-order valence-electron chi connectivity index (χ0n) is 10.6. The van der Waals surface area contributed by atoms with Crippen molar-refractivity contribution in [2.75, 3.05) is 0 Å². The first-order valence-corrected chi connectivity index (χ1v) is 5.82. The van der Waals surface area contributed by atoms with Crippen LogP contribution in [0.25, 0.3) is 0 Å². The number of rotatable bonds is 4. The molecule has 17 heavy (non-hydrogen) atoms. The van der Waals surface area contributed by atoms with Gasteiger partial charge in [-0.1, -0.05) is 25.1 Å². The third-order valence-electron chi connectivity index (χ3n) is 2.92. The van der Waals surface area contributed by atoms with Crippen LogP contribution < -0.4 is 5.32 Å². The highest BCUT2D eigenvalue weighted by atomic mass is 16.1. The van der Waals surface area contributed by atoms with Crippen molar-refractivity contribution in [1.29, 1.82) is 5.26 Å². The minimum Gasteiger partial charge on any atom is -0.351 e. The first-order valence-electron chi connectivity index (χ1n) is 5.82. The number of hydrogen-bond acceptors (Lipinski definition) is 2. The van der Waals surface area contributed by atoms with Gasteiger partial charge in [0.1, 0.15) is 5.92 Å². The number of carbonyl (C=O) groups is 1. The van der Waals surface area contributed by atoms with Gasteiger partial charge in [0.2, 0.25) is 5.91 Å². The minimum atomic E-state index is -0.540. The lowest BCUT2D eigenvalue weighted by molar-refractivity contribution is -0.123. The Morgan fingerprint density at radius 2 is 2.12 bits per heavy atom. The number of nitrogens with zero attached hydrogens (tertiary/aromatic N) is 1. The minimum absolute atomic E-state index is 0.187. The molecule has 1 rings (SSSR count). The van der Waals surface area contributed by atoms with E-state index < -0.39 is 5.92 Å². The first kappa shape index (κ1) is 13.2. The Balaban J connectivity index is 2.59. The maximum atomic E-state index is 11.6. The summed E-state index contributed by atoms with van der Waals surface area (Å²) in [7, 11) is 0. The summed E-state index contributed by atoms with van der Waals surface area (Å²) in [4.78, 5) is 11.6. The largest absolute Gasteiger partial charge is 0.351 e. The summed E-state index contributed by atoms with van der Waals surface area (Å²) < 4.78 is 0. The molecular formula is C14H18N2O. The highest BCUT2D eigenvalue weighted by Crippen LogP contribution is 2.10. The van der Waals surface area contributed by atoms with Crippen LogP contribution in [0, 0.1) is 31.1 Å². The van der Waals surface area contributed by atoms with Gasteiger partial charge >= 0.3 is 0 Å². The van der Waals surface area contributed by atoms with Gasteiger partial charge in [-0.25, -0.2) is 0 Å². The van der Waals surface area contributed by atoms with E-state index in [1.54, 1.807) is 0 Å². The van der Waals surface area contributed by atoms with Crippen molar-refractivity contribution in [3.8, 4) is 6.07 Å². The summed E-state index contributed by atoms with van der Waals surface area (Å²) >= 11 is 0. The van der Waals surface area contributed by atoms with Gasteiger partial charge in [-0.05, 0) is 37.0 Å². The summed E-state index contributed by atoms with van der Waals surface area (Å²) in [5.74, 6) is -0.727. The molecule has 1 aromatic carbocycles. The number of aryl methyl sites for hydroxylation is 2. The third-order valence-corrected chi connectivity index (χ3v) is 2.92. The average molecular weight is 230 g/mol. The van der Waals surface area contributed by atoms with Crippen LogP contribution in [-0.4, -0.2) is 5.91 Å². The van der Waals surface area contributed by atoms with E-state index in [0.29, 0.717) is 13.0 Å². The van der Waals surface area contributed by atoms with E-state index in [-0.39, 0.29) is 5.91 Å². The molecule has 0 saturated carbocycles. The Morgan fingerprint density at radius 3 is 2.65 bits per heavy atom. The monoisotopic (exact) mass is 230 g/mol. The van der Waals surface area contributed by atoms with Gasteiger partial charge in [0.05, 0.1) is 6.07 Å².